The minimum Gasteiger partial charge on any atom is -0.356 e. The first-order valence-electron chi connectivity index (χ1n) is 5.42. The van der Waals surface area contributed by atoms with Crippen molar-refractivity contribution < 1.29 is 18.0 Å². The number of hydrogen-bond donors (Lipinski definition) is 2. The van der Waals surface area contributed by atoms with E-state index < -0.39 is 15.1 Å². The average molecular weight is 284 g/mol. The van der Waals surface area contributed by atoms with E-state index in [0.717, 1.165) is 0 Å². The Morgan fingerprint density at radius 2 is 2.16 bits per heavy atom. The van der Waals surface area contributed by atoms with Crippen molar-refractivity contribution in [1.29, 1.82) is 0 Å². The Hall–Kier alpha value is -1.96. The maximum absolute atomic E-state index is 11.5. The van der Waals surface area contributed by atoms with Crippen LogP contribution in [-0.4, -0.2) is 31.1 Å². The summed E-state index contributed by atoms with van der Waals surface area (Å²) in [5.41, 5.74) is 5.37. The van der Waals surface area contributed by atoms with E-state index in [-0.39, 0.29) is 10.9 Å². The lowest BCUT2D eigenvalue weighted by molar-refractivity contribution is -0.118. The molecule has 2 amide bonds. The van der Waals surface area contributed by atoms with E-state index in [4.69, 9.17) is 5.73 Å². The van der Waals surface area contributed by atoms with Gasteiger partial charge in [-0.2, -0.15) is 0 Å². The Balaban J connectivity index is 2.73. The standard InChI is InChI=1S/C11H14N3O4S/c1-8(15)13-5-2-3-9-4-6-14-10(7-9)19(17,18)11(12)16/h3-4,6-7H,2,5H2,1H3,(H2,12,16)(H,13,15). The molecule has 0 aromatic carbocycles. The zero-order chi connectivity index (χ0) is 14.5. The Morgan fingerprint density at radius 3 is 2.74 bits per heavy atom. The third-order valence-corrected chi connectivity index (χ3v) is 3.50. The fourth-order valence-corrected chi connectivity index (χ4v) is 1.99. The molecule has 8 heteroatoms. The van der Waals surface area contributed by atoms with E-state index in [1.54, 1.807) is 12.5 Å². The second kappa shape index (κ2) is 6.28. The van der Waals surface area contributed by atoms with Gasteiger partial charge in [0.2, 0.25) is 5.91 Å². The van der Waals surface area contributed by atoms with Gasteiger partial charge in [-0.3, -0.25) is 9.59 Å². The smallest absolute Gasteiger partial charge is 0.340 e. The maximum atomic E-state index is 11.5. The van der Waals surface area contributed by atoms with Gasteiger partial charge in [0.15, 0.2) is 5.03 Å². The summed E-state index contributed by atoms with van der Waals surface area (Å²) in [7, 11) is -4.21. The number of sulfone groups is 1. The van der Waals surface area contributed by atoms with E-state index in [0.29, 0.717) is 18.5 Å². The Kier molecular flexibility index (Phi) is 4.99. The predicted octanol–water partition coefficient (Wildman–Crippen LogP) is 0.0126. The van der Waals surface area contributed by atoms with Crippen molar-refractivity contribution in [3.63, 3.8) is 0 Å². The molecule has 0 saturated heterocycles. The number of carbonyl (C=O) groups excluding carboxylic acids is 2. The van der Waals surface area contributed by atoms with Crippen LogP contribution in [0.2, 0.25) is 0 Å². The summed E-state index contributed by atoms with van der Waals surface area (Å²) in [5, 5.41) is 0.785. The van der Waals surface area contributed by atoms with Crippen LogP contribution in [0, 0.1) is 6.42 Å². The number of amides is 2. The lowest BCUT2D eigenvalue weighted by Crippen LogP contribution is -2.23. The van der Waals surface area contributed by atoms with Crippen LogP contribution in [-0.2, 0) is 14.6 Å². The Bertz CT molecular complexity index is 583. The quantitative estimate of drug-likeness (QED) is 0.738. The Labute approximate surface area is 111 Å². The fourth-order valence-electron chi connectivity index (χ4n) is 1.29. The van der Waals surface area contributed by atoms with Crippen LogP contribution in [0.4, 0.5) is 4.79 Å². The van der Waals surface area contributed by atoms with Gasteiger partial charge in [-0.1, -0.05) is 0 Å². The van der Waals surface area contributed by atoms with Gasteiger partial charge >= 0.3 is 5.24 Å². The summed E-state index contributed by atoms with van der Waals surface area (Å²) >= 11 is 0. The number of pyridine rings is 1. The van der Waals surface area contributed by atoms with Gasteiger partial charge in [0.1, 0.15) is 0 Å². The molecule has 0 aliphatic rings. The molecule has 1 rings (SSSR count). The van der Waals surface area contributed by atoms with Gasteiger partial charge in [0, 0.05) is 19.7 Å². The van der Waals surface area contributed by atoms with Crippen LogP contribution in [0.5, 0.6) is 0 Å². The predicted molar refractivity (Wildman–Crippen MR) is 67.7 cm³/mol. The maximum Gasteiger partial charge on any atom is 0.340 e. The molecule has 1 radical (unpaired) electrons. The van der Waals surface area contributed by atoms with Crippen LogP contribution in [0.25, 0.3) is 0 Å². The van der Waals surface area contributed by atoms with Crippen molar-refractivity contribution in [3.8, 4) is 0 Å². The van der Waals surface area contributed by atoms with Gasteiger partial charge in [0.05, 0.1) is 0 Å². The summed E-state index contributed by atoms with van der Waals surface area (Å²) in [4.78, 5) is 25.1. The fraction of sp³-hybridized carbons (Fsp3) is 0.273. The highest BCUT2D eigenvalue weighted by atomic mass is 32.2. The number of hydrogen-bond acceptors (Lipinski definition) is 5. The normalized spacial score (nSPS) is 11.0. The molecule has 1 heterocycles. The van der Waals surface area contributed by atoms with Crippen LogP contribution in [0.1, 0.15) is 18.9 Å². The summed E-state index contributed by atoms with van der Waals surface area (Å²) in [6, 6.07) is 2.85. The van der Waals surface area contributed by atoms with Crippen molar-refractivity contribution in [2.45, 2.75) is 18.4 Å². The monoisotopic (exact) mass is 284 g/mol. The number of nitrogens with zero attached hydrogens (tertiary/aromatic N) is 1. The zero-order valence-corrected chi connectivity index (χ0v) is 11.1. The highest BCUT2D eigenvalue weighted by molar-refractivity contribution is 8.05. The summed E-state index contributed by atoms with van der Waals surface area (Å²) < 4.78 is 23.0. The molecule has 0 bridgehead atoms. The second-order valence-corrected chi connectivity index (χ2v) is 5.55. The lowest BCUT2D eigenvalue weighted by atomic mass is 10.1. The number of nitrogens with one attached hydrogen (secondary N) is 1. The van der Waals surface area contributed by atoms with E-state index in [9.17, 15) is 18.0 Å². The van der Waals surface area contributed by atoms with Gasteiger partial charge in [0.25, 0.3) is 9.84 Å². The van der Waals surface area contributed by atoms with Crippen molar-refractivity contribution in [2.24, 2.45) is 5.73 Å². The minimum atomic E-state index is -4.21. The topological polar surface area (TPSA) is 119 Å². The average Bonchev–Trinajstić information content (AvgIpc) is 2.34. The minimum absolute atomic E-state index is 0.139. The molecule has 0 fully saturated rings. The molecule has 103 valence electrons. The van der Waals surface area contributed by atoms with Crippen molar-refractivity contribution in [1.82, 2.24) is 10.3 Å². The SMILES string of the molecule is CC(=O)NCC[CH]c1ccnc(S(=O)(=O)C(N)=O)c1. The van der Waals surface area contributed by atoms with Gasteiger partial charge in [-0.25, -0.2) is 13.4 Å². The molecule has 1 aromatic heterocycles. The van der Waals surface area contributed by atoms with Crippen LogP contribution in [0.3, 0.4) is 0 Å². The molecule has 0 aliphatic heterocycles. The largest absolute Gasteiger partial charge is 0.356 e. The number of primary amides is 1. The molecule has 0 aliphatic carbocycles. The third-order valence-electron chi connectivity index (χ3n) is 2.20. The molecule has 1 aromatic rings. The molecule has 3 N–H and O–H groups in total. The molecule has 0 saturated carbocycles. The van der Waals surface area contributed by atoms with Gasteiger partial charge < -0.3 is 11.1 Å². The molecule has 7 nitrogen and oxygen atoms in total. The van der Waals surface area contributed by atoms with E-state index in [1.165, 1.54) is 19.2 Å². The van der Waals surface area contributed by atoms with Gasteiger partial charge in [-0.15, -0.1) is 0 Å². The van der Waals surface area contributed by atoms with E-state index >= 15 is 0 Å². The number of aromatic nitrogens is 1. The summed E-state index contributed by atoms with van der Waals surface area (Å²) in [6.45, 7) is 1.85. The first-order valence-corrected chi connectivity index (χ1v) is 6.90. The molecule has 0 spiro atoms. The van der Waals surface area contributed by atoms with Crippen LogP contribution in [0.15, 0.2) is 23.4 Å². The summed E-state index contributed by atoms with van der Waals surface area (Å²) in [5.74, 6) is -0.139. The van der Waals surface area contributed by atoms with E-state index in [1.807, 2.05) is 0 Å². The molecular weight excluding hydrogens is 270 g/mol. The van der Waals surface area contributed by atoms with Crippen LogP contribution < -0.4 is 11.1 Å². The highest BCUT2D eigenvalue weighted by Gasteiger charge is 2.23. The molecule has 0 atom stereocenters. The van der Waals surface area contributed by atoms with Gasteiger partial charge in [-0.05, 0) is 30.5 Å². The highest BCUT2D eigenvalue weighted by Crippen LogP contribution is 2.12. The van der Waals surface area contributed by atoms with Crippen molar-refractivity contribution in [3.05, 3.63) is 30.3 Å². The van der Waals surface area contributed by atoms with Crippen molar-refractivity contribution >= 4 is 21.0 Å². The van der Waals surface area contributed by atoms with Crippen LogP contribution >= 0.6 is 0 Å². The first kappa shape index (κ1) is 15.1. The molecule has 19 heavy (non-hydrogen) atoms. The lowest BCUT2D eigenvalue weighted by Gasteiger charge is -2.04. The third kappa shape index (κ3) is 4.32. The number of carbonyl (C=O) groups is 2. The summed E-state index contributed by atoms with van der Waals surface area (Å²) in [6.07, 6.45) is 3.53. The van der Waals surface area contributed by atoms with Crippen molar-refractivity contribution in [2.75, 3.05) is 6.54 Å². The number of nitrogens with two attached hydrogens (primary N) is 1. The zero-order valence-electron chi connectivity index (χ0n) is 10.3. The number of rotatable bonds is 5. The molecular formula is C11H14N3O4S. The molecule has 0 unspecified atom stereocenters. The Morgan fingerprint density at radius 1 is 1.47 bits per heavy atom. The van der Waals surface area contributed by atoms with E-state index in [2.05, 4.69) is 10.3 Å². The second-order valence-electron chi connectivity index (χ2n) is 3.73. The first-order chi connectivity index (χ1) is 8.84.